The summed E-state index contributed by atoms with van der Waals surface area (Å²) < 4.78 is 5.83. The zero-order valence-electron chi connectivity index (χ0n) is 14.5. The molecule has 2 N–H and O–H groups in total. The SMILES string of the molecule is Cc1cc(C)c(OC[C@H](O)CN[C@@H](C)c2ccccc2)c(C)c1. The van der Waals surface area contributed by atoms with Crippen molar-refractivity contribution in [3.8, 4) is 5.75 Å². The maximum atomic E-state index is 10.2. The molecule has 0 bridgehead atoms. The van der Waals surface area contributed by atoms with Crippen LogP contribution in [0.4, 0.5) is 0 Å². The molecule has 0 fully saturated rings. The van der Waals surface area contributed by atoms with Gasteiger partial charge in [-0.25, -0.2) is 0 Å². The van der Waals surface area contributed by atoms with Crippen LogP contribution >= 0.6 is 0 Å². The van der Waals surface area contributed by atoms with Crippen LogP contribution in [0.25, 0.3) is 0 Å². The van der Waals surface area contributed by atoms with Crippen molar-refractivity contribution >= 4 is 0 Å². The third kappa shape index (κ3) is 5.08. The number of hydrogen-bond donors (Lipinski definition) is 2. The fraction of sp³-hybridized carbons (Fsp3) is 0.400. The predicted molar refractivity (Wildman–Crippen MR) is 95.0 cm³/mol. The molecular formula is C20H27NO2. The number of aryl methyl sites for hydroxylation is 3. The number of rotatable bonds is 7. The van der Waals surface area contributed by atoms with Gasteiger partial charge in [0.1, 0.15) is 18.5 Å². The number of ether oxygens (including phenoxy) is 1. The molecule has 2 aromatic rings. The number of aliphatic hydroxyl groups excluding tert-OH is 1. The largest absolute Gasteiger partial charge is 0.490 e. The lowest BCUT2D eigenvalue weighted by Gasteiger charge is -2.19. The molecule has 3 nitrogen and oxygen atoms in total. The number of aliphatic hydroxyl groups is 1. The second kappa shape index (κ2) is 8.14. The number of benzene rings is 2. The van der Waals surface area contributed by atoms with Gasteiger partial charge in [-0.1, -0.05) is 48.0 Å². The van der Waals surface area contributed by atoms with E-state index in [9.17, 15) is 5.11 Å². The second-order valence-corrected chi connectivity index (χ2v) is 6.23. The van der Waals surface area contributed by atoms with E-state index in [2.05, 4.69) is 43.4 Å². The molecule has 0 aliphatic heterocycles. The zero-order valence-corrected chi connectivity index (χ0v) is 14.5. The standard InChI is InChI=1S/C20H27NO2/c1-14-10-15(2)20(16(3)11-14)23-13-19(22)12-21-17(4)18-8-6-5-7-9-18/h5-11,17,19,21-22H,12-13H2,1-4H3/t17-,19+/m0/s1. The first-order valence-corrected chi connectivity index (χ1v) is 8.14. The summed E-state index contributed by atoms with van der Waals surface area (Å²) in [7, 11) is 0. The molecule has 124 valence electrons. The third-order valence-corrected chi connectivity index (χ3v) is 3.98. The van der Waals surface area contributed by atoms with E-state index in [1.807, 2.05) is 32.0 Å². The average Bonchev–Trinajstić information content (AvgIpc) is 2.52. The van der Waals surface area contributed by atoms with Gasteiger partial charge in [-0.2, -0.15) is 0 Å². The smallest absolute Gasteiger partial charge is 0.125 e. The van der Waals surface area contributed by atoms with Crippen LogP contribution in [0.3, 0.4) is 0 Å². The van der Waals surface area contributed by atoms with E-state index in [0.29, 0.717) is 13.2 Å². The molecule has 3 heteroatoms. The number of hydrogen-bond acceptors (Lipinski definition) is 3. The van der Waals surface area contributed by atoms with E-state index < -0.39 is 6.10 Å². The maximum absolute atomic E-state index is 10.2. The normalized spacial score (nSPS) is 13.6. The van der Waals surface area contributed by atoms with Crippen molar-refractivity contribution in [2.45, 2.75) is 39.8 Å². The van der Waals surface area contributed by atoms with Crippen molar-refractivity contribution in [3.63, 3.8) is 0 Å². The lowest BCUT2D eigenvalue weighted by Crippen LogP contribution is -2.33. The molecule has 2 atom stereocenters. The van der Waals surface area contributed by atoms with Crippen LogP contribution < -0.4 is 10.1 Å². The van der Waals surface area contributed by atoms with Crippen LogP contribution in [0, 0.1) is 20.8 Å². The van der Waals surface area contributed by atoms with Gasteiger partial charge in [-0.05, 0) is 44.4 Å². The van der Waals surface area contributed by atoms with Crippen LogP contribution in [0.5, 0.6) is 5.75 Å². The summed E-state index contributed by atoms with van der Waals surface area (Å²) in [6, 6.07) is 14.6. The molecule has 0 heterocycles. The first-order chi connectivity index (χ1) is 11.0. The van der Waals surface area contributed by atoms with Gasteiger partial charge in [0, 0.05) is 12.6 Å². The lowest BCUT2D eigenvalue weighted by atomic mass is 10.1. The van der Waals surface area contributed by atoms with E-state index in [-0.39, 0.29) is 6.04 Å². The van der Waals surface area contributed by atoms with Crippen LogP contribution in [0.1, 0.15) is 35.2 Å². The van der Waals surface area contributed by atoms with Gasteiger partial charge < -0.3 is 15.2 Å². The Morgan fingerprint density at radius 2 is 1.65 bits per heavy atom. The Balaban J connectivity index is 1.83. The van der Waals surface area contributed by atoms with E-state index in [0.717, 1.165) is 16.9 Å². The molecule has 0 spiro atoms. The van der Waals surface area contributed by atoms with Gasteiger partial charge in [-0.3, -0.25) is 0 Å². The van der Waals surface area contributed by atoms with Gasteiger partial charge in [-0.15, -0.1) is 0 Å². The van der Waals surface area contributed by atoms with Crippen molar-refractivity contribution in [1.82, 2.24) is 5.32 Å². The summed E-state index contributed by atoms with van der Waals surface area (Å²) in [6.45, 7) is 9.04. The minimum absolute atomic E-state index is 0.202. The summed E-state index contributed by atoms with van der Waals surface area (Å²) in [5.41, 5.74) is 4.66. The highest BCUT2D eigenvalue weighted by Crippen LogP contribution is 2.24. The molecule has 0 unspecified atom stereocenters. The van der Waals surface area contributed by atoms with Crippen molar-refractivity contribution in [3.05, 3.63) is 64.7 Å². The van der Waals surface area contributed by atoms with Crippen molar-refractivity contribution in [2.75, 3.05) is 13.2 Å². The Kier molecular flexibility index (Phi) is 6.20. The molecule has 2 aromatic carbocycles. The zero-order chi connectivity index (χ0) is 16.8. The molecule has 23 heavy (non-hydrogen) atoms. The molecule has 0 saturated heterocycles. The van der Waals surface area contributed by atoms with Crippen LogP contribution in [0.2, 0.25) is 0 Å². The van der Waals surface area contributed by atoms with E-state index in [1.165, 1.54) is 11.1 Å². The Hall–Kier alpha value is -1.84. The highest BCUT2D eigenvalue weighted by molar-refractivity contribution is 5.42. The van der Waals surface area contributed by atoms with Crippen LogP contribution in [-0.4, -0.2) is 24.4 Å². The molecule has 0 aromatic heterocycles. The Morgan fingerprint density at radius 3 is 2.26 bits per heavy atom. The summed E-state index contributed by atoms with van der Waals surface area (Å²) in [5.74, 6) is 0.880. The first kappa shape index (κ1) is 17.5. The quantitative estimate of drug-likeness (QED) is 0.819. The molecule has 0 saturated carbocycles. The van der Waals surface area contributed by atoms with Crippen molar-refractivity contribution in [2.24, 2.45) is 0 Å². The van der Waals surface area contributed by atoms with Gasteiger partial charge in [0.15, 0.2) is 0 Å². The van der Waals surface area contributed by atoms with E-state index in [4.69, 9.17) is 4.74 Å². The minimum Gasteiger partial charge on any atom is -0.490 e. The summed E-state index contributed by atoms with van der Waals surface area (Å²) in [4.78, 5) is 0. The third-order valence-electron chi connectivity index (χ3n) is 3.98. The molecule has 0 aliphatic carbocycles. The summed E-state index contributed by atoms with van der Waals surface area (Å²) in [6.07, 6.45) is -0.540. The molecule has 2 rings (SSSR count). The summed E-state index contributed by atoms with van der Waals surface area (Å²) >= 11 is 0. The highest BCUT2D eigenvalue weighted by Gasteiger charge is 2.11. The fourth-order valence-electron chi connectivity index (χ4n) is 2.81. The first-order valence-electron chi connectivity index (χ1n) is 8.14. The monoisotopic (exact) mass is 313 g/mol. The lowest BCUT2D eigenvalue weighted by molar-refractivity contribution is 0.103. The molecule has 0 radical (unpaired) electrons. The Bertz CT molecular complexity index is 602. The van der Waals surface area contributed by atoms with Crippen LogP contribution in [0.15, 0.2) is 42.5 Å². The van der Waals surface area contributed by atoms with Crippen molar-refractivity contribution in [1.29, 1.82) is 0 Å². The van der Waals surface area contributed by atoms with Gasteiger partial charge in [0.05, 0.1) is 0 Å². The molecule has 0 amide bonds. The Labute approximate surface area is 139 Å². The topological polar surface area (TPSA) is 41.5 Å². The average molecular weight is 313 g/mol. The second-order valence-electron chi connectivity index (χ2n) is 6.23. The fourth-order valence-corrected chi connectivity index (χ4v) is 2.81. The highest BCUT2D eigenvalue weighted by atomic mass is 16.5. The van der Waals surface area contributed by atoms with Crippen LogP contribution in [-0.2, 0) is 0 Å². The molecular weight excluding hydrogens is 286 g/mol. The molecule has 0 aliphatic rings. The Morgan fingerprint density at radius 1 is 1.04 bits per heavy atom. The van der Waals surface area contributed by atoms with E-state index >= 15 is 0 Å². The number of nitrogens with one attached hydrogen (secondary N) is 1. The summed E-state index contributed by atoms with van der Waals surface area (Å²) in [5, 5.41) is 13.5. The van der Waals surface area contributed by atoms with Crippen molar-refractivity contribution < 1.29 is 9.84 Å². The minimum atomic E-state index is -0.540. The van der Waals surface area contributed by atoms with Gasteiger partial charge in [0.2, 0.25) is 0 Å². The predicted octanol–water partition coefficient (Wildman–Crippen LogP) is 3.70. The van der Waals surface area contributed by atoms with E-state index in [1.54, 1.807) is 0 Å². The van der Waals surface area contributed by atoms with Gasteiger partial charge >= 0.3 is 0 Å². The van der Waals surface area contributed by atoms with Gasteiger partial charge in [0.25, 0.3) is 0 Å². The maximum Gasteiger partial charge on any atom is 0.125 e.